The first kappa shape index (κ1) is 11.9. The summed E-state index contributed by atoms with van der Waals surface area (Å²) in [5.74, 6) is 0.584. The molecule has 1 fully saturated rings. The highest BCUT2D eigenvalue weighted by atomic mass is 32.1. The van der Waals surface area contributed by atoms with E-state index in [0.29, 0.717) is 5.92 Å². The maximum Gasteiger partial charge on any atom is 0.183 e. The lowest BCUT2D eigenvalue weighted by molar-refractivity contribution is 0.105. The van der Waals surface area contributed by atoms with Crippen molar-refractivity contribution in [1.29, 1.82) is 0 Å². The van der Waals surface area contributed by atoms with Crippen molar-refractivity contribution in [2.75, 3.05) is 11.9 Å². The molecule has 3 nitrogen and oxygen atoms in total. The number of anilines is 1. The number of nitrogens with one attached hydrogen (secondary N) is 1. The van der Waals surface area contributed by atoms with E-state index in [0.717, 1.165) is 36.5 Å². The van der Waals surface area contributed by atoms with E-state index in [-0.39, 0.29) is 6.10 Å². The van der Waals surface area contributed by atoms with E-state index >= 15 is 0 Å². The Morgan fingerprint density at radius 3 is 3.06 bits per heavy atom. The second kappa shape index (κ2) is 5.24. The van der Waals surface area contributed by atoms with Gasteiger partial charge in [0.25, 0.3) is 0 Å². The number of benzene rings is 1. The van der Waals surface area contributed by atoms with Gasteiger partial charge in [0.05, 0.1) is 16.3 Å². The monoisotopic (exact) mass is 262 g/mol. The van der Waals surface area contributed by atoms with Crippen molar-refractivity contribution in [2.24, 2.45) is 5.92 Å². The lowest BCUT2D eigenvalue weighted by atomic mass is 9.87. The average molecular weight is 262 g/mol. The van der Waals surface area contributed by atoms with Gasteiger partial charge in [-0.1, -0.05) is 29.9 Å². The lowest BCUT2D eigenvalue weighted by Crippen LogP contribution is -2.24. The Balaban J connectivity index is 1.62. The Bertz CT molecular complexity index is 492. The zero-order valence-electron chi connectivity index (χ0n) is 10.3. The van der Waals surface area contributed by atoms with Gasteiger partial charge in [0.15, 0.2) is 5.13 Å². The number of aromatic nitrogens is 1. The Morgan fingerprint density at radius 2 is 2.22 bits per heavy atom. The second-order valence-electron chi connectivity index (χ2n) is 5.05. The van der Waals surface area contributed by atoms with E-state index in [1.807, 2.05) is 18.2 Å². The molecule has 0 amide bonds. The number of nitrogens with zero attached hydrogens (tertiary/aromatic N) is 1. The van der Waals surface area contributed by atoms with Crippen LogP contribution in [-0.4, -0.2) is 22.7 Å². The molecule has 2 unspecified atom stereocenters. The average Bonchev–Trinajstić information content (AvgIpc) is 2.79. The molecule has 2 atom stereocenters. The first-order valence-electron chi connectivity index (χ1n) is 6.59. The summed E-state index contributed by atoms with van der Waals surface area (Å²) in [7, 11) is 0. The highest BCUT2D eigenvalue weighted by molar-refractivity contribution is 7.22. The predicted molar refractivity (Wildman–Crippen MR) is 76.1 cm³/mol. The van der Waals surface area contributed by atoms with Gasteiger partial charge in [0.1, 0.15) is 0 Å². The van der Waals surface area contributed by atoms with Crippen LogP contribution in [-0.2, 0) is 0 Å². The first-order chi connectivity index (χ1) is 8.81. The predicted octanol–water partition coefficient (Wildman–Crippen LogP) is 3.26. The molecule has 96 valence electrons. The minimum absolute atomic E-state index is 0.0964. The van der Waals surface area contributed by atoms with E-state index in [2.05, 4.69) is 16.4 Å². The first-order valence-corrected chi connectivity index (χ1v) is 7.40. The molecule has 4 heteroatoms. The standard InChI is InChI=1S/C14H18N2OS/c17-11-5-3-4-10(8-11)9-15-14-16-12-6-1-2-7-13(12)18-14/h1-2,6-7,10-11,17H,3-5,8-9H2,(H,15,16). The highest BCUT2D eigenvalue weighted by Gasteiger charge is 2.20. The van der Waals surface area contributed by atoms with Crippen molar-refractivity contribution in [3.63, 3.8) is 0 Å². The summed E-state index contributed by atoms with van der Waals surface area (Å²) in [6, 6.07) is 8.20. The third-order valence-electron chi connectivity index (χ3n) is 3.59. The van der Waals surface area contributed by atoms with Crippen molar-refractivity contribution in [1.82, 2.24) is 4.98 Å². The molecule has 0 bridgehead atoms. The molecule has 2 N–H and O–H groups in total. The van der Waals surface area contributed by atoms with Crippen LogP contribution in [0.1, 0.15) is 25.7 Å². The van der Waals surface area contributed by atoms with Gasteiger partial charge in [0, 0.05) is 6.54 Å². The summed E-state index contributed by atoms with van der Waals surface area (Å²) in [6.07, 6.45) is 4.17. The highest BCUT2D eigenvalue weighted by Crippen LogP contribution is 2.28. The number of aliphatic hydroxyl groups is 1. The van der Waals surface area contributed by atoms with Crippen LogP contribution < -0.4 is 5.32 Å². The number of hydrogen-bond acceptors (Lipinski definition) is 4. The quantitative estimate of drug-likeness (QED) is 0.892. The Hall–Kier alpha value is -1.13. The third kappa shape index (κ3) is 2.65. The number of aliphatic hydroxyl groups excluding tert-OH is 1. The number of hydrogen-bond donors (Lipinski definition) is 2. The molecule has 0 radical (unpaired) electrons. The molecule has 0 aliphatic heterocycles. The number of para-hydroxylation sites is 1. The summed E-state index contributed by atoms with van der Waals surface area (Å²) in [5, 5.41) is 14.1. The lowest BCUT2D eigenvalue weighted by Gasteiger charge is -2.25. The van der Waals surface area contributed by atoms with Gasteiger partial charge in [-0.3, -0.25) is 0 Å². The number of rotatable bonds is 3. The van der Waals surface area contributed by atoms with E-state index in [4.69, 9.17) is 0 Å². The topological polar surface area (TPSA) is 45.1 Å². The molecule has 1 aromatic heterocycles. The van der Waals surface area contributed by atoms with Crippen LogP contribution in [0.15, 0.2) is 24.3 Å². The van der Waals surface area contributed by atoms with Crippen LogP contribution in [0.3, 0.4) is 0 Å². The van der Waals surface area contributed by atoms with Crippen LogP contribution in [0.5, 0.6) is 0 Å². The minimum atomic E-state index is -0.0964. The van der Waals surface area contributed by atoms with Crippen LogP contribution >= 0.6 is 11.3 Å². The molecule has 1 aromatic carbocycles. The Kier molecular flexibility index (Phi) is 3.48. The Labute approximate surface area is 111 Å². The molecule has 1 aliphatic carbocycles. The summed E-state index contributed by atoms with van der Waals surface area (Å²) >= 11 is 1.70. The van der Waals surface area contributed by atoms with Gasteiger partial charge in [-0.2, -0.15) is 0 Å². The van der Waals surface area contributed by atoms with Gasteiger partial charge < -0.3 is 10.4 Å². The van der Waals surface area contributed by atoms with Crippen molar-refractivity contribution in [3.05, 3.63) is 24.3 Å². The van der Waals surface area contributed by atoms with Crippen molar-refractivity contribution >= 4 is 26.7 Å². The summed E-state index contributed by atoms with van der Waals surface area (Å²) in [5.41, 5.74) is 1.06. The van der Waals surface area contributed by atoms with Crippen LogP contribution in [0.2, 0.25) is 0 Å². The zero-order valence-corrected chi connectivity index (χ0v) is 11.1. The van der Waals surface area contributed by atoms with Crippen LogP contribution in [0.25, 0.3) is 10.2 Å². The molecule has 1 aliphatic rings. The molecule has 1 heterocycles. The van der Waals surface area contributed by atoms with Gasteiger partial charge in [-0.25, -0.2) is 4.98 Å². The minimum Gasteiger partial charge on any atom is -0.393 e. The normalized spacial score (nSPS) is 24.3. The summed E-state index contributed by atoms with van der Waals surface area (Å²) < 4.78 is 1.23. The molecule has 18 heavy (non-hydrogen) atoms. The Morgan fingerprint density at radius 1 is 1.33 bits per heavy atom. The zero-order chi connectivity index (χ0) is 12.4. The fourth-order valence-corrected chi connectivity index (χ4v) is 3.50. The number of thiazole rings is 1. The second-order valence-corrected chi connectivity index (χ2v) is 6.08. The van der Waals surface area contributed by atoms with E-state index in [9.17, 15) is 5.11 Å². The largest absolute Gasteiger partial charge is 0.393 e. The molecule has 0 spiro atoms. The van der Waals surface area contributed by atoms with Gasteiger partial charge >= 0.3 is 0 Å². The maximum atomic E-state index is 9.65. The van der Waals surface area contributed by atoms with Crippen molar-refractivity contribution in [2.45, 2.75) is 31.8 Å². The number of fused-ring (bicyclic) bond motifs is 1. The van der Waals surface area contributed by atoms with Gasteiger partial charge in [0.2, 0.25) is 0 Å². The van der Waals surface area contributed by atoms with E-state index < -0.39 is 0 Å². The summed E-state index contributed by atoms with van der Waals surface area (Å²) in [6.45, 7) is 0.927. The van der Waals surface area contributed by atoms with Crippen LogP contribution in [0, 0.1) is 5.92 Å². The van der Waals surface area contributed by atoms with Crippen LogP contribution in [0.4, 0.5) is 5.13 Å². The van der Waals surface area contributed by atoms with E-state index in [1.54, 1.807) is 11.3 Å². The SMILES string of the molecule is OC1CCCC(CNc2nc3ccccc3s2)C1. The van der Waals surface area contributed by atoms with E-state index in [1.165, 1.54) is 11.1 Å². The molecule has 2 aromatic rings. The molecule has 0 saturated heterocycles. The van der Waals surface area contributed by atoms with Gasteiger partial charge in [-0.15, -0.1) is 0 Å². The maximum absolute atomic E-state index is 9.65. The summed E-state index contributed by atoms with van der Waals surface area (Å²) in [4.78, 5) is 4.56. The van der Waals surface area contributed by atoms with Gasteiger partial charge in [-0.05, 0) is 37.3 Å². The fourth-order valence-electron chi connectivity index (χ4n) is 2.63. The molecular formula is C14H18N2OS. The molecule has 1 saturated carbocycles. The molecule has 3 rings (SSSR count). The smallest absolute Gasteiger partial charge is 0.183 e. The fraction of sp³-hybridized carbons (Fsp3) is 0.500. The molecular weight excluding hydrogens is 244 g/mol. The third-order valence-corrected chi connectivity index (χ3v) is 4.59. The van der Waals surface area contributed by atoms with Crippen molar-refractivity contribution < 1.29 is 5.11 Å². The van der Waals surface area contributed by atoms with Crippen molar-refractivity contribution in [3.8, 4) is 0 Å².